The number of likely N-dealkylation sites (tertiary alicyclic amines) is 1. The average Bonchev–Trinajstić information content (AvgIpc) is 2.30. The van der Waals surface area contributed by atoms with Gasteiger partial charge in [-0.3, -0.25) is 4.90 Å². The van der Waals surface area contributed by atoms with Gasteiger partial charge in [0, 0.05) is 12.1 Å². The van der Waals surface area contributed by atoms with E-state index in [1.165, 1.54) is 50.3 Å². The van der Waals surface area contributed by atoms with E-state index in [0.717, 1.165) is 6.54 Å². The fourth-order valence-corrected chi connectivity index (χ4v) is 4.24. The maximum absolute atomic E-state index is 6.09. The van der Waals surface area contributed by atoms with Crippen LogP contribution in [0, 0.1) is 5.41 Å². The minimum atomic E-state index is 0.349. The van der Waals surface area contributed by atoms with Gasteiger partial charge >= 0.3 is 0 Å². The van der Waals surface area contributed by atoms with Crippen molar-refractivity contribution in [3.63, 3.8) is 0 Å². The van der Waals surface area contributed by atoms with Crippen LogP contribution >= 0.6 is 11.8 Å². The van der Waals surface area contributed by atoms with Crippen LogP contribution in [0.4, 0.5) is 0 Å². The van der Waals surface area contributed by atoms with Gasteiger partial charge in [0.1, 0.15) is 0 Å². The van der Waals surface area contributed by atoms with Crippen molar-refractivity contribution in [1.82, 2.24) is 4.90 Å². The van der Waals surface area contributed by atoms with Crippen LogP contribution in [-0.4, -0.2) is 41.6 Å². The summed E-state index contributed by atoms with van der Waals surface area (Å²) < 4.78 is 0. The molecule has 94 valence electrons. The van der Waals surface area contributed by atoms with Crippen molar-refractivity contribution >= 4 is 11.8 Å². The van der Waals surface area contributed by atoms with Gasteiger partial charge in [0.25, 0.3) is 0 Å². The van der Waals surface area contributed by atoms with Gasteiger partial charge in [0.05, 0.1) is 0 Å². The number of hydrogen-bond acceptors (Lipinski definition) is 3. The lowest BCUT2D eigenvalue weighted by atomic mass is 9.79. The van der Waals surface area contributed by atoms with E-state index in [2.05, 4.69) is 30.5 Å². The van der Waals surface area contributed by atoms with Gasteiger partial charge in [0.2, 0.25) is 0 Å². The summed E-state index contributed by atoms with van der Waals surface area (Å²) >= 11 is 2.09. The van der Waals surface area contributed by atoms with Gasteiger partial charge in [-0.1, -0.05) is 13.8 Å². The number of rotatable bonds is 2. The van der Waals surface area contributed by atoms with Gasteiger partial charge in [-0.05, 0) is 55.7 Å². The summed E-state index contributed by atoms with van der Waals surface area (Å²) in [5, 5.41) is 0. The van der Waals surface area contributed by atoms with Crippen LogP contribution in [0.1, 0.15) is 39.5 Å². The Hall–Kier alpha value is 0.270. The Labute approximate surface area is 104 Å². The smallest absolute Gasteiger partial charge is 0.0347 e. The summed E-state index contributed by atoms with van der Waals surface area (Å²) in [5.41, 5.74) is 6.99. The highest BCUT2D eigenvalue weighted by Crippen LogP contribution is 2.37. The molecule has 0 aromatic carbocycles. The van der Waals surface area contributed by atoms with Gasteiger partial charge in [-0.25, -0.2) is 0 Å². The molecule has 0 spiro atoms. The lowest BCUT2D eigenvalue weighted by Gasteiger charge is -2.50. The molecule has 16 heavy (non-hydrogen) atoms. The maximum atomic E-state index is 6.09. The number of thioether (sulfide) groups is 1. The lowest BCUT2D eigenvalue weighted by Crippen LogP contribution is -2.58. The van der Waals surface area contributed by atoms with Gasteiger partial charge in [-0.15, -0.1) is 0 Å². The average molecular weight is 242 g/mol. The molecule has 0 bridgehead atoms. The van der Waals surface area contributed by atoms with Crippen molar-refractivity contribution in [2.45, 2.75) is 45.1 Å². The quantitative estimate of drug-likeness (QED) is 0.806. The van der Waals surface area contributed by atoms with Crippen LogP contribution in [0.3, 0.4) is 0 Å². The van der Waals surface area contributed by atoms with Crippen LogP contribution in [0.15, 0.2) is 0 Å². The molecule has 2 fully saturated rings. The monoisotopic (exact) mass is 242 g/mol. The second kappa shape index (κ2) is 4.87. The summed E-state index contributed by atoms with van der Waals surface area (Å²) in [7, 11) is 0. The number of piperidine rings is 1. The molecule has 0 atom stereocenters. The van der Waals surface area contributed by atoms with Gasteiger partial charge in [-0.2, -0.15) is 11.8 Å². The minimum absolute atomic E-state index is 0.349. The molecule has 0 aromatic rings. The Balaban J connectivity index is 2.00. The van der Waals surface area contributed by atoms with Crippen molar-refractivity contribution in [3.8, 4) is 0 Å². The molecule has 2 heterocycles. The fraction of sp³-hybridized carbons (Fsp3) is 1.00. The van der Waals surface area contributed by atoms with E-state index >= 15 is 0 Å². The lowest BCUT2D eigenvalue weighted by molar-refractivity contribution is 0.0269. The third kappa shape index (κ3) is 2.57. The zero-order valence-corrected chi connectivity index (χ0v) is 11.6. The molecule has 2 saturated heterocycles. The predicted molar refractivity (Wildman–Crippen MR) is 72.9 cm³/mol. The van der Waals surface area contributed by atoms with E-state index in [1.54, 1.807) is 0 Å². The SMILES string of the molecule is CC1(C)CCN(C2(CN)CCSCC2)CC1. The second-order valence-electron chi connectivity index (χ2n) is 6.19. The molecule has 2 N–H and O–H groups in total. The molecule has 0 aliphatic carbocycles. The normalized spacial score (nSPS) is 30.2. The van der Waals surface area contributed by atoms with Crippen molar-refractivity contribution < 1.29 is 0 Å². The van der Waals surface area contributed by atoms with E-state index in [1.807, 2.05) is 0 Å². The third-order valence-electron chi connectivity index (χ3n) is 4.59. The number of hydrogen-bond donors (Lipinski definition) is 1. The largest absolute Gasteiger partial charge is 0.329 e. The van der Waals surface area contributed by atoms with Crippen molar-refractivity contribution in [2.24, 2.45) is 11.1 Å². The first-order chi connectivity index (χ1) is 7.58. The minimum Gasteiger partial charge on any atom is -0.329 e. The van der Waals surface area contributed by atoms with Crippen LogP contribution < -0.4 is 5.73 Å². The fourth-order valence-electron chi connectivity index (χ4n) is 2.99. The molecule has 2 aliphatic heterocycles. The Morgan fingerprint density at radius 2 is 1.62 bits per heavy atom. The predicted octanol–water partition coefficient (Wildman–Crippen LogP) is 2.33. The standard InChI is InChI=1S/C13H26N2S/c1-12(2)3-7-15(8-4-12)13(11-14)5-9-16-10-6-13/h3-11,14H2,1-2H3. The Bertz CT molecular complexity index is 224. The highest BCUT2D eigenvalue weighted by atomic mass is 32.2. The first-order valence-corrected chi connectivity index (χ1v) is 7.76. The molecular weight excluding hydrogens is 216 g/mol. The van der Waals surface area contributed by atoms with Crippen molar-refractivity contribution in [2.75, 3.05) is 31.1 Å². The Morgan fingerprint density at radius 1 is 1.06 bits per heavy atom. The van der Waals surface area contributed by atoms with Gasteiger partial charge in [0.15, 0.2) is 0 Å². The first-order valence-electron chi connectivity index (χ1n) is 6.61. The molecule has 0 amide bonds. The Kier molecular flexibility index (Phi) is 3.87. The molecule has 0 aromatic heterocycles. The molecule has 2 rings (SSSR count). The van der Waals surface area contributed by atoms with Crippen LogP contribution in [0.2, 0.25) is 0 Å². The molecule has 2 nitrogen and oxygen atoms in total. The zero-order chi connectivity index (χ0) is 11.6. The highest BCUT2D eigenvalue weighted by Gasteiger charge is 2.39. The second-order valence-corrected chi connectivity index (χ2v) is 7.42. The van der Waals surface area contributed by atoms with E-state index in [9.17, 15) is 0 Å². The summed E-state index contributed by atoms with van der Waals surface area (Å²) in [6, 6.07) is 0. The zero-order valence-electron chi connectivity index (χ0n) is 10.8. The van der Waals surface area contributed by atoms with E-state index in [-0.39, 0.29) is 0 Å². The summed E-state index contributed by atoms with van der Waals surface area (Å²) in [4.78, 5) is 2.71. The Morgan fingerprint density at radius 3 is 2.12 bits per heavy atom. The maximum Gasteiger partial charge on any atom is 0.0347 e. The van der Waals surface area contributed by atoms with Gasteiger partial charge < -0.3 is 5.73 Å². The summed E-state index contributed by atoms with van der Waals surface area (Å²) in [6.07, 6.45) is 5.27. The van der Waals surface area contributed by atoms with E-state index in [0.29, 0.717) is 11.0 Å². The molecular formula is C13H26N2S. The van der Waals surface area contributed by atoms with Crippen LogP contribution in [0.5, 0.6) is 0 Å². The third-order valence-corrected chi connectivity index (χ3v) is 5.58. The molecule has 2 aliphatic rings. The molecule has 0 saturated carbocycles. The first kappa shape index (κ1) is 12.7. The number of nitrogens with zero attached hydrogens (tertiary/aromatic N) is 1. The van der Waals surface area contributed by atoms with E-state index < -0.39 is 0 Å². The van der Waals surface area contributed by atoms with E-state index in [4.69, 9.17) is 5.73 Å². The molecule has 3 heteroatoms. The summed E-state index contributed by atoms with van der Waals surface area (Å²) in [5.74, 6) is 2.61. The van der Waals surface area contributed by atoms with Crippen molar-refractivity contribution in [1.29, 1.82) is 0 Å². The molecule has 0 radical (unpaired) electrons. The van der Waals surface area contributed by atoms with Crippen molar-refractivity contribution in [3.05, 3.63) is 0 Å². The number of nitrogens with two attached hydrogens (primary N) is 1. The highest BCUT2D eigenvalue weighted by molar-refractivity contribution is 7.99. The molecule has 0 unspecified atom stereocenters. The topological polar surface area (TPSA) is 29.3 Å². The van der Waals surface area contributed by atoms with Crippen LogP contribution in [-0.2, 0) is 0 Å². The summed E-state index contributed by atoms with van der Waals surface area (Å²) in [6.45, 7) is 8.17. The van der Waals surface area contributed by atoms with Crippen LogP contribution in [0.25, 0.3) is 0 Å².